The zero-order valence-corrected chi connectivity index (χ0v) is 20.2. The van der Waals surface area contributed by atoms with Gasteiger partial charge >= 0.3 is 0 Å². The monoisotopic (exact) mass is 447 g/mol. The number of fused-ring (bicyclic) bond motifs is 1. The van der Waals surface area contributed by atoms with Gasteiger partial charge in [0.1, 0.15) is 0 Å². The number of nitrogens with one attached hydrogen (secondary N) is 1. The van der Waals surface area contributed by atoms with E-state index in [2.05, 4.69) is 5.32 Å². The molecule has 3 heterocycles. The molecule has 0 aliphatic carbocycles. The smallest absolute Gasteiger partial charge is 0.253 e. The molecule has 2 amide bonds. The average Bonchev–Trinajstić information content (AvgIpc) is 3.40. The molecule has 7 nitrogen and oxygen atoms in total. The fraction of sp³-hybridized carbons (Fsp3) is 0.462. The third-order valence-corrected chi connectivity index (χ3v) is 6.39. The highest BCUT2D eigenvalue weighted by Gasteiger charge is 2.30. The molecule has 0 bridgehead atoms. The quantitative estimate of drug-likeness (QED) is 0.624. The molecule has 3 aromatic rings. The van der Waals surface area contributed by atoms with Crippen molar-refractivity contribution in [1.29, 1.82) is 0 Å². The summed E-state index contributed by atoms with van der Waals surface area (Å²) in [5.74, 6) is 0.326. The first kappa shape index (κ1) is 23.0. The molecule has 4 rings (SSSR count). The van der Waals surface area contributed by atoms with E-state index < -0.39 is 0 Å². The first-order chi connectivity index (χ1) is 15.7. The molecule has 1 aromatic carbocycles. The lowest BCUT2D eigenvalue weighted by atomic mass is 10.1. The summed E-state index contributed by atoms with van der Waals surface area (Å²) >= 11 is 0. The van der Waals surface area contributed by atoms with Gasteiger partial charge in [-0.15, -0.1) is 0 Å². The van der Waals surface area contributed by atoms with Crippen LogP contribution in [0, 0.1) is 20.8 Å². The third-order valence-electron chi connectivity index (χ3n) is 6.39. The molecule has 2 aromatic heterocycles. The van der Waals surface area contributed by atoms with Gasteiger partial charge in [0.2, 0.25) is 5.91 Å². The van der Waals surface area contributed by atoms with Crippen LogP contribution in [0.2, 0.25) is 0 Å². The van der Waals surface area contributed by atoms with Crippen molar-refractivity contribution >= 4 is 17.5 Å². The SMILES string of the molecule is Cc1cccc(C(=O)N2CC[C@H](c3cc4nc(C)c(CCC(=O)NC(C)C)c(C)n4n3)C2)c1. The lowest BCUT2D eigenvalue weighted by Gasteiger charge is -2.16. The molecule has 1 aliphatic heterocycles. The summed E-state index contributed by atoms with van der Waals surface area (Å²) in [7, 11) is 0. The Kier molecular flexibility index (Phi) is 6.49. The Morgan fingerprint density at radius 1 is 1.18 bits per heavy atom. The number of benzene rings is 1. The van der Waals surface area contributed by atoms with Crippen LogP contribution in [0.3, 0.4) is 0 Å². The topological polar surface area (TPSA) is 79.6 Å². The van der Waals surface area contributed by atoms with Crippen LogP contribution >= 0.6 is 0 Å². The summed E-state index contributed by atoms with van der Waals surface area (Å²) in [6.07, 6.45) is 1.96. The van der Waals surface area contributed by atoms with Crippen LogP contribution in [0.15, 0.2) is 30.3 Å². The van der Waals surface area contributed by atoms with E-state index in [4.69, 9.17) is 10.1 Å². The molecule has 0 saturated carbocycles. The maximum Gasteiger partial charge on any atom is 0.253 e. The molecule has 0 spiro atoms. The van der Waals surface area contributed by atoms with Crippen molar-refractivity contribution in [3.8, 4) is 0 Å². The molecule has 7 heteroatoms. The highest BCUT2D eigenvalue weighted by atomic mass is 16.2. The van der Waals surface area contributed by atoms with Gasteiger partial charge in [0, 0.05) is 54.5 Å². The fourth-order valence-corrected chi connectivity index (χ4v) is 4.69. The number of hydrogen-bond donors (Lipinski definition) is 1. The van der Waals surface area contributed by atoms with E-state index in [1.54, 1.807) is 0 Å². The molecule has 33 heavy (non-hydrogen) atoms. The minimum Gasteiger partial charge on any atom is -0.354 e. The number of aryl methyl sites for hydroxylation is 3. The highest BCUT2D eigenvalue weighted by molar-refractivity contribution is 5.94. The third kappa shape index (κ3) is 4.92. The number of hydrogen-bond acceptors (Lipinski definition) is 4. The van der Waals surface area contributed by atoms with Crippen molar-refractivity contribution in [1.82, 2.24) is 24.8 Å². The lowest BCUT2D eigenvalue weighted by molar-refractivity contribution is -0.121. The van der Waals surface area contributed by atoms with Gasteiger partial charge in [0.25, 0.3) is 5.91 Å². The molecular formula is C26H33N5O2. The maximum absolute atomic E-state index is 12.9. The summed E-state index contributed by atoms with van der Waals surface area (Å²) < 4.78 is 1.89. The van der Waals surface area contributed by atoms with Crippen molar-refractivity contribution in [2.45, 2.75) is 65.8 Å². The Hall–Kier alpha value is -3.22. The number of nitrogens with zero attached hydrogens (tertiary/aromatic N) is 4. The van der Waals surface area contributed by atoms with Crippen LogP contribution in [0.4, 0.5) is 0 Å². The van der Waals surface area contributed by atoms with E-state index in [0.717, 1.165) is 52.4 Å². The molecule has 174 valence electrons. The van der Waals surface area contributed by atoms with Crippen LogP contribution in [-0.2, 0) is 11.2 Å². The highest BCUT2D eigenvalue weighted by Crippen LogP contribution is 2.29. The summed E-state index contributed by atoms with van der Waals surface area (Å²) in [4.78, 5) is 31.7. The Balaban J connectivity index is 1.51. The van der Waals surface area contributed by atoms with Gasteiger partial charge in [-0.2, -0.15) is 5.10 Å². The van der Waals surface area contributed by atoms with Crippen LogP contribution in [0.1, 0.15) is 71.2 Å². The summed E-state index contributed by atoms with van der Waals surface area (Å²) in [6.45, 7) is 11.4. The Morgan fingerprint density at radius 3 is 2.70 bits per heavy atom. The average molecular weight is 448 g/mol. The van der Waals surface area contributed by atoms with E-state index in [0.29, 0.717) is 19.4 Å². The second kappa shape index (κ2) is 9.33. The molecule has 0 radical (unpaired) electrons. The van der Waals surface area contributed by atoms with Gasteiger partial charge in [-0.05, 0) is 65.2 Å². The number of amides is 2. The normalized spacial score (nSPS) is 16.1. The van der Waals surface area contributed by atoms with Crippen molar-refractivity contribution in [3.63, 3.8) is 0 Å². The lowest BCUT2D eigenvalue weighted by Crippen LogP contribution is -2.30. The van der Waals surface area contributed by atoms with Crippen molar-refractivity contribution in [3.05, 3.63) is 64.1 Å². The van der Waals surface area contributed by atoms with Crippen molar-refractivity contribution in [2.24, 2.45) is 0 Å². The minimum atomic E-state index is 0.0503. The van der Waals surface area contributed by atoms with E-state index in [-0.39, 0.29) is 23.8 Å². The first-order valence-corrected chi connectivity index (χ1v) is 11.7. The molecule has 0 unspecified atom stereocenters. The number of carbonyl (C=O) groups is 2. The van der Waals surface area contributed by atoms with Crippen molar-refractivity contribution < 1.29 is 9.59 Å². The molecule has 1 aliphatic rings. The van der Waals surface area contributed by atoms with Crippen molar-refractivity contribution in [2.75, 3.05) is 13.1 Å². The predicted octanol–water partition coefficient (Wildman–Crippen LogP) is 3.74. The Morgan fingerprint density at radius 2 is 1.97 bits per heavy atom. The van der Waals surface area contributed by atoms with Crippen LogP contribution in [0.5, 0.6) is 0 Å². The first-order valence-electron chi connectivity index (χ1n) is 11.7. The van der Waals surface area contributed by atoms with Crippen LogP contribution in [-0.4, -0.2) is 50.4 Å². The van der Waals surface area contributed by atoms with E-state index in [1.165, 1.54) is 0 Å². The van der Waals surface area contributed by atoms with E-state index >= 15 is 0 Å². The number of likely N-dealkylation sites (tertiary alicyclic amines) is 1. The van der Waals surface area contributed by atoms with Gasteiger partial charge in [-0.25, -0.2) is 9.50 Å². The fourth-order valence-electron chi connectivity index (χ4n) is 4.69. The van der Waals surface area contributed by atoms with E-state index in [1.807, 2.05) is 74.4 Å². The minimum absolute atomic E-state index is 0.0503. The molecular weight excluding hydrogens is 414 g/mol. The second-order valence-electron chi connectivity index (χ2n) is 9.43. The zero-order chi connectivity index (χ0) is 23.7. The molecule has 1 fully saturated rings. The van der Waals surface area contributed by atoms with Crippen LogP contribution < -0.4 is 5.32 Å². The zero-order valence-electron chi connectivity index (χ0n) is 20.2. The summed E-state index contributed by atoms with van der Waals surface area (Å²) in [6, 6.07) is 9.94. The maximum atomic E-state index is 12.9. The van der Waals surface area contributed by atoms with Gasteiger partial charge in [-0.3, -0.25) is 9.59 Å². The van der Waals surface area contributed by atoms with Gasteiger partial charge < -0.3 is 10.2 Å². The predicted molar refractivity (Wildman–Crippen MR) is 129 cm³/mol. The van der Waals surface area contributed by atoms with Crippen LogP contribution in [0.25, 0.3) is 5.65 Å². The Labute approximate surface area is 195 Å². The number of rotatable bonds is 6. The van der Waals surface area contributed by atoms with E-state index in [9.17, 15) is 9.59 Å². The standard InChI is InChI=1S/C26H33N5O2/c1-16(2)27-25(32)10-9-22-18(4)28-24-14-23(29-31(24)19(22)5)21-11-12-30(15-21)26(33)20-8-6-7-17(3)13-20/h6-8,13-14,16,21H,9-12,15H2,1-5H3,(H,27,32)/t21-/m0/s1. The van der Waals surface area contributed by atoms with Gasteiger partial charge in [0.05, 0.1) is 5.69 Å². The largest absolute Gasteiger partial charge is 0.354 e. The van der Waals surface area contributed by atoms with Gasteiger partial charge in [-0.1, -0.05) is 17.7 Å². The molecule has 1 N–H and O–H groups in total. The summed E-state index contributed by atoms with van der Waals surface area (Å²) in [5, 5.41) is 7.81. The molecule has 1 atom stereocenters. The summed E-state index contributed by atoms with van der Waals surface area (Å²) in [5.41, 5.74) is 6.64. The number of carbonyl (C=O) groups excluding carboxylic acids is 2. The molecule has 1 saturated heterocycles. The second-order valence-corrected chi connectivity index (χ2v) is 9.43. The number of aromatic nitrogens is 3. The Bertz CT molecular complexity index is 1200. The van der Waals surface area contributed by atoms with Gasteiger partial charge in [0.15, 0.2) is 5.65 Å².